The van der Waals surface area contributed by atoms with Crippen LogP contribution in [0.3, 0.4) is 0 Å². The first kappa shape index (κ1) is 30.6. The van der Waals surface area contributed by atoms with Gasteiger partial charge in [0.05, 0.1) is 19.0 Å². The van der Waals surface area contributed by atoms with E-state index in [1.807, 2.05) is 0 Å². The van der Waals surface area contributed by atoms with Crippen molar-refractivity contribution in [2.75, 3.05) is 12.3 Å². The number of para-hydroxylation sites is 1. The molecule has 1 unspecified atom stereocenters. The van der Waals surface area contributed by atoms with Crippen LogP contribution in [0.4, 0.5) is 23.4 Å². The number of alkyl halides is 4. The van der Waals surface area contributed by atoms with E-state index in [0.29, 0.717) is 4.57 Å². The molecule has 224 valence electrons. The Morgan fingerprint density at radius 3 is 2.54 bits per heavy atom. The number of aromatic nitrogens is 4. The maximum absolute atomic E-state index is 15.4. The Hall–Kier alpha value is -3.37. The average molecular weight is 606 g/mol. The van der Waals surface area contributed by atoms with E-state index in [1.54, 1.807) is 19.9 Å². The van der Waals surface area contributed by atoms with E-state index >= 15 is 8.78 Å². The lowest BCUT2D eigenvalue weighted by atomic mass is 9.96. The number of hydrogen-bond donors (Lipinski definition) is 3. The minimum absolute atomic E-state index is 0.0721. The fourth-order valence-electron chi connectivity index (χ4n) is 3.96. The molecule has 0 spiro atoms. The summed E-state index contributed by atoms with van der Waals surface area (Å²) in [5, 5.41) is 12.8. The van der Waals surface area contributed by atoms with Gasteiger partial charge in [0, 0.05) is 0 Å². The largest absolute Gasteiger partial charge is 0.462 e. The summed E-state index contributed by atoms with van der Waals surface area (Å²) in [6.07, 6.45) is -8.32. The number of nitrogen functional groups attached to an aromatic ring is 1. The first-order valence-electron chi connectivity index (χ1n) is 12.1. The molecule has 4 N–H and O–H groups in total. The second-order valence-electron chi connectivity index (χ2n) is 9.40. The molecule has 5 atom stereocenters. The zero-order chi connectivity index (χ0) is 30.2. The number of hydrogen-bond acceptors (Lipinski definition) is 11. The lowest BCUT2D eigenvalue weighted by Gasteiger charge is -2.32. The number of aliphatic hydroxyl groups excluding tert-OH is 1. The van der Waals surface area contributed by atoms with Gasteiger partial charge in [-0.25, -0.2) is 28.3 Å². The first-order valence-corrected chi connectivity index (χ1v) is 13.7. The van der Waals surface area contributed by atoms with E-state index in [4.69, 9.17) is 24.3 Å². The van der Waals surface area contributed by atoms with Crippen molar-refractivity contribution in [1.29, 1.82) is 0 Å². The number of carbonyl (C=O) groups is 1. The normalized spacial score (nSPS) is 24.4. The predicted molar refractivity (Wildman–Crippen MR) is 134 cm³/mol. The highest BCUT2D eigenvalue weighted by molar-refractivity contribution is 7.52. The summed E-state index contributed by atoms with van der Waals surface area (Å²) in [7, 11) is -4.80. The zero-order valence-corrected chi connectivity index (χ0v) is 22.8. The Balaban J connectivity index is 1.66. The minimum atomic E-state index is -4.80. The van der Waals surface area contributed by atoms with Crippen molar-refractivity contribution < 1.29 is 50.5 Å². The summed E-state index contributed by atoms with van der Waals surface area (Å²) in [6.45, 7) is 2.80. The van der Waals surface area contributed by atoms with Crippen molar-refractivity contribution in [1.82, 2.24) is 24.6 Å². The molecule has 1 aliphatic heterocycles. The molecule has 1 aliphatic rings. The molecule has 4 rings (SSSR count). The molecule has 1 saturated heterocycles. The van der Waals surface area contributed by atoms with Gasteiger partial charge in [0.15, 0.2) is 23.2 Å². The topological polar surface area (TPSA) is 173 Å². The fourth-order valence-corrected chi connectivity index (χ4v) is 5.49. The number of nitrogens with one attached hydrogen (secondary N) is 1. The quantitative estimate of drug-likeness (QED) is 0.166. The number of carbonyl (C=O) groups excluding carboxylic acids is 1. The van der Waals surface area contributed by atoms with Crippen LogP contribution in [-0.4, -0.2) is 73.4 Å². The van der Waals surface area contributed by atoms with E-state index in [-0.39, 0.29) is 22.7 Å². The highest BCUT2D eigenvalue weighted by Crippen LogP contribution is 2.54. The average Bonchev–Trinajstić information content (AvgIpc) is 3.41. The third-order valence-corrected chi connectivity index (χ3v) is 7.61. The van der Waals surface area contributed by atoms with Crippen LogP contribution in [0, 0.1) is 0 Å². The number of esters is 1. The molecular weight excluding hydrogens is 579 g/mol. The molecule has 0 radical (unpaired) electrons. The number of aliphatic hydroxyl groups is 1. The molecule has 2 aromatic heterocycles. The molecule has 3 heterocycles. The number of ether oxygens (including phenoxy) is 2. The SMILES string of the molecule is CC(C)OC(=O)[C@H](C)NP(=O)(OC[C@@]1(C(F)F)O[C@@H](n2cnc3c(N)ncnc32)C(F)(F)[C@@H]1O)Oc1ccccc1. The van der Waals surface area contributed by atoms with E-state index in [1.165, 1.54) is 31.2 Å². The summed E-state index contributed by atoms with van der Waals surface area (Å²) in [4.78, 5) is 23.7. The number of rotatable bonds is 11. The predicted octanol–water partition coefficient (Wildman–Crippen LogP) is 3.07. The molecule has 13 nitrogen and oxygen atoms in total. The molecule has 0 amide bonds. The van der Waals surface area contributed by atoms with Crippen molar-refractivity contribution in [2.24, 2.45) is 0 Å². The van der Waals surface area contributed by atoms with Gasteiger partial charge in [-0.15, -0.1) is 0 Å². The molecular formula is C23H27F4N6O7P. The summed E-state index contributed by atoms with van der Waals surface area (Å²) < 4.78 is 94.9. The second-order valence-corrected chi connectivity index (χ2v) is 11.1. The Bertz CT molecular complexity index is 1430. The number of fused-ring (bicyclic) bond motifs is 1. The summed E-state index contributed by atoms with van der Waals surface area (Å²) >= 11 is 0. The number of nitrogens with zero attached hydrogens (tertiary/aromatic N) is 4. The molecule has 3 aromatic rings. The summed E-state index contributed by atoms with van der Waals surface area (Å²) in [6, 6.07) is 5.93. The van der Waals surface area contributed by atoms with E-state index < -0.39 is 62.7 Å². The van der Waals surface area contributed by atoms with Crippen molar-refractivity contribution >= 4 is 30.7 Å². The van der Waals surface area contributed by atoms with Gasteiger partial charge in [-0.1, -0.05) is 18.2 Å². The maximum Gasteiger partial charge on any atom is 0.459 e. The van der Waals surface area contributed by atoms with Gasteiger partial charge >= 0.3 is 19.6 Å². The van der Waals surface area contributed by atoms with Crippen LogP contribution in [0.5, 0.6) is 5.75 Å². The Morgan fingerprint density at radius 1 is 1.22 bits per heavy atom. The van der Waals surface area contributed by atoms with Crippen LogP contribution in [0.2, 0.25) is 0 Å². The molecule has 1 aromatic carbocycles. The van der Waals surface area contributed by atoms with Crippen molar-refractivity contribution in [3.63, 3.8) is 0 Å². The monoisotopic (exact) mass is 606 g/mol. The van der Waals surface area contributed by atoms with Gasteiger partial charge in [0.1, 0.15) is 23.6 Å². The number of anilines is 1. The van der Waals surface area contributed by atoms with Crippen LogP contribution >= 0.6 is 7.75 Å². The first-order chi connectivity index (χ1) is 19.2. The fraction of sp³-hybridized carbons (Fsp3) is 0.478. The summed E-state index contributed by atoms with van der Waals surface area (Å²) in [5.74, 6) is -5.49. The van der Waals surface area contributed by atoms with Crippen LogP contribution in [0.1, 0.15) is 27.0 Å². The highest BCUT2D eigenvalue weighted by Gasteiger charge is 2.71. The summed E-state index contributed by atoms with van der Waals surface area (Å²) in [5.41, 5.74) is 1.86. The van der Waals surface area contributed by atoms with Gasteiger partial charge in [-0.05, 0) is 32.9 Å². The molecule has 0 bridgehead atoms. The number of imidazole rings is 1. The molecule has 18 heteroatoms. The molecule has 0 aliphatic carbocycles. The smallest absolute Gasteiger partial charge is 0.459 e. The second kappa shape index (κ2) is 11.5. The number of halogens is 4. The molecule has 0 saturated carbocycles. The molecule has 41 heavy (non-hydrogen) atoms. The number of benzene rings is 1. The Morgan fingerprint density at radius 2 is 1.90 bits per heavy atom. The van der Waals surface area contributed by atoms with Crippen LogP contribution < -0.4 is 15.3 Å². The van der Waals surface area contributed by atoms with Gasteiger partial charge in [-0.3, -0.25) is 13.9 Å². The Kier molecular flexibility index (Phi) is 8.57. The minimum Gasteiger partial charge on any atom is -0.462 e. The lowest BCUT2D eigenvalue weighted by molar-refractivity contribution is -0.191. The molecule has 1 fully saturated rings. The van der Waals surface area contributed by atoms with Gasteiger partial charge < -0.3 is 24.8 Å². The lowest BCUT2D eigenvalue weighted by Crippen LogP contribution is -2.54. The van der Waals surface area contributed by atoms with Crippen molar-refractivity contribution in [3.8, 4) is 5.75 Å². The van der Waals surface area contributed by atoms with Crippen LogP contribution in [0.25, 0.3) is 11.2 Å². The van der Waals surface area contributed by atoms with Crippen molar-refractivity contribution in [2.45, 2.75) is 63.2 Å². The standard InChI is InChI=1S/C23H27F4N6O7P/c1-12(2)38-18(34)13(3)32-41(36,40-14-7-5-4-6-8-14)37-9-22(20(24)25)19(35)23(26,27)21(39-22)33-11-31-15-16(28)29-10-30-17(15)33/h4-8,10-13,19-21,35H,9H2,1-3H3,(H,32,36)(H2,28,29,30)/t13-,19+,21+,22+,41?/m0/s1. The number of nitrogens with two attached hydrogens (primary N) is 1. The Labute approximate surface area is 230 Å². The third-order valence-electron chi connectivity index (χ3n) is 5.98. The van der Waals surface area contributed by atoms with Gasteiger partial charge in [0.25, 0.3) is 6.43 Å². The van der Waals surface area contributed by atoms with E-state index in [0.717, 1.165) is 12.7 Å². The highest BCUT2D eigenvalue weighted by atomic mass is 31.2. The van der Waals surface area contributed by atoms with Gasteiger partial charge in [0.2, 0.25) is 6.23 Å². The van der Waals surface area contributed by atoms with Crippen molar-refractivity contribution in [3.05, 3.63) is 43.0 Å². The third kappa shape index (κ3) is 5.99. The van der Waals surface area contributed by atoms with E-state index in [9.17, 15) is 23.2 Å². The van der Waals surface area contributed by atoms with Crippen LogP contribution in [0.15, 0.2) is 43.0 Å². The maximum atomic E-state index is 15.4. The van der Waals surface area contributed by atoms with Gasteiger partial charge in [-0.2, -0.15) is 13.9 Å². The zero-order valence-electron chi connectivity index (χ0n) is 21.9. The van der Waals surface area contributed by atoms with E-state index in [2.05, 4.69) is 20.0 Å². The van der Waals surface area contributed by atoms with Crippen LogP contribution in [-0.2, 0) is 23.4 Å².